The van der Waals surface area contributed by atoms with Crippen LogP contribution >= 0.6 is 15.9 Å². The van der Waals surface area contributed by atoms with E-state index in [0.29, 0.717) is 12.6 Å². The van der Waals surface area contributed by atoms with Crippen LogP contribution in [0.1, 0.15) is 19.8 Å². The Morgan fingerprint density at radius 2 is 2.33 bits per heavy atom. The zero-order valence-electron chi connectivity index (χ0n) is 10.1. The molecule has 1 heterocycles. The molecule has 2 rings (SSSR count). The molecule has 2 unspecified atom stereocenters. The van der Waals surface area contributed by atoms with Crippen LogP contribution in [0.3, 0.4) is 0 Å². The summed E-state index contributed by atoms with van der Waals surface area (Å²) in [7, 11) is 0. The first-order valence-electron chi connectivity index (χ1n) is 5.89. The summed E-state index contributed by atoms with van der Waals surface area (Å²) >= 11 is 3.38. The van der Waals surface area contributed by atoms with Gasteiger partial charge in [-0.1, -0.05) is 0 Å². The molecule has 1 fully saturated rings. The van der Waals surface area contributed by atoms with Crippen molar-refractivity contribution >= 4 is 27.3 Å². The molecule has 5 nitrogen and oxygen atoms in total. The quantitative estimate of drug-likeness (QED) is 0.684. The third-order valence-corrected chi connectivity index (χ3v) is 3.69. The Morgan fingerprint density at radius 3 is 2.94 bits per heavy atom. The maximum atomic E-state index is 10.7. The van der Waals surface area contributed by atoms with Crippen molar-refractivity contribution in [1.29, 1.82) is 0 Å². The van der Waals surface area contributed by atoms with Gasteiger partial charge in [0.25, 0.3) is 5.69 Å². The highest BCUT2D eigenvalue weighted by Crippen LogP contribution is 2.28. The van der Waals surface area contributed by atoms with Gasteiger partial charge < -0.3 is 10.1 Å². The number of nitrogens with zero attached hydrogens (tertiary/aromatic N) is 1. The zero-order valence-corrected chi connectivity index (χ0v) is 11.6. The van der Waals surface area contributed by atoms with E-state index in [2.05, 4.69) is 28.2 Å². The summed E-state index contributed by atoms with van der Waals surface area (Å²) in [6.45, 7) is 2.73. The van der Waals surface area contributed by atoms with Gasteiger partial charge in [-0.3, -0.25) is 10.1 Å². The van der Waals surface area contributed by atoms with Crippen LogP contribution in [0.5, 0.6) is 0 Å². The predicted molar refractivity (Wildman–Crippen MR) is 72.9 cm³/mol. The molecule has 0 saturated carbocycles. The Labute approximate surface area is 114 Å². The van der Waals surface area contributed by atoms with Crippen molar-refractivity contribution in [1.82, 2.24) is 0 Å². The summed E-state index contributed by atoms with van der Waals surface area (Å²) < 4.78 is 6.51. The lowest BCUT2D eigenvalue weighted by Gasteiger charge is -2.14. The second-order valence-electron chi connectivity index (χ2n) is 4.45. The van der Waals surface area contributed by atoms with Gasteiger partial charge in [0, 0.05) is 23.2 Å². The minimum Gasteiger partial charge on any atom is -0.381 e. The molecule has 0 radical (unpaired) electrons. The maximum Gasteiger partial charge on any atom is 0.271 e. The van der Waals surface area contributed by atoms with Crippen LogP contribution in [0.25, 0.3) is 0 Å². The first-order valence-corrected chi connectivity index (χ1v) is 6.69. The number of non-ortho nitro benzene ring substituents is 1. The number of hydrogen-bond acceptors (Lipinski definition) is 4. The summed E-state index contributed by atoms with van der Waals surface area (Å²) in [5.74, 6) is 0. The highest BCUT2D eigenvalue weighted by molar-refractivity contribution is 9.10. The Kier molecular flexibility index (Phi) is 4.19. The second-order valence-corrected chi connectivity index (χ2v) is 5.30. The largest absolute Gasteiger partial charge is 0.381 e. The third kappa shape index (κ3) is 3.20. The molecule has 0 aromatic heterocycles. The molecule has 98 valence electrons. The number of benzene rings is 1. The molecular formula is C12H15BrN2O3. The number of anilines is 1. The molecule has 1 aromatic carbocycles. The number of ether oxygens (including phenoxy) is 1. The average molecular weight is 315 g/mol. The standard InChI is InChI=1S/C12H15BrN2O3/c1-8-2-4-10(18-8)7-14-12-6-9(15(16)17)3-5-11(12)13/h3,5-6,8,10,14H,2,4,7H2,1H3. The molecule has 1 aromatic rings. The third-order valence-electron chi connectivity index (χ3n) is 3.00. The van der Waals surface area contributed by atoms with Crippen molar-refractivity contribution in [2.45, 2.75) is 32.0 Å². The Hall–Kier alpha value is -1.14. The van der Waals surface area contributed by atoms with E-state index in [1.807, 2.05) is 0 Å². The van der Waals surface area contributed by atoms with Gasteiger partial charge >= 0.3 is 0 Å². The van der Waals surface area contributed by atoms with Crippen LogP contribution in [-0.2, 0) is 4.74 Å². The molecule has 18 heavy (non-hydrogen) atoms. The molecule has 1 aliphatic rings. The normalized spacial score (nSPS) is 23.0. The minimum atomic E-state index is -0.397. The fraction of sp³-hybridized carbons (Fsp3) is 0.500. The fourth-order valence-corrected chi connectivity index (χ4v) is 2.41. The van der Waals surface area contributed by atoms with E-state index in [0.717, 1.165) is 23.0 Å². The maximum absolute atomic E-state index is 10.7. The number of halogens is 1. The molecule has 1 saturated heterocycles. The van der Waals surface area contributed by atoms with E-state index >= 15 is 0 Å². The fourth-order valence-electron chi connectivity index (χ4n) is 2.02. The van der Waals surface area contributed by atoms with E-state index in [1.54, 1.807) is 6.07 Å². The van der Waals surface area contributed by atoms with Crippen LogP contribution in [0.2, 0.25) is 0 Å². The number of nitro benzene ring substituents is 1. The van der Waals surface area contributed by atoms with E-state index < -0.39 is 4.92 Å². The first-order chi connectivity index (χ1) is 8.56. The van der Waals surface area contributed by atoms with Gasteiger partial charge in [-0.2, -0.15) is 0 Å². The SMILES string of the molecule is CC1CCC(CNc2cc([N+](=O)[O-])ccc2Br)O1. The molecule has 0 amide bonds. The van der Waals surface area contributed by atoms with Crippen LogP contribution in [0.15, 0.2) is 22.7 Å². The Balaban J connectivity index is 2.00. The number of nitro groups is 1. The van der Waals surface area contributed by atoms with Crippen molar-refractivity contribution in [3.63, 3.8) is 0 Å². The minimum absolute atomic E-state index is 0.0846. The van der Waals surface area contributed by atoms with E-state index in [9.17, 15) is 10.1 Å². The van der Waals surface area contributed by atoms with Gasteiger partial charge in [-0.15, -0.1) is 0 Å². The van der Waals surface area contributed by atoms with Gasteiger partial charge in [0.2, 0.25) is 0 Å². The molecule has 2 atom stereocenters. The van der Waals surface area contributed by atoms with E-state index in [4.69, 9.17) is 4.74 Å². The smallest absolute Gasteiger partial charge is 0.271 e. The monoisotopic (exact) mass is 314 g/mol. The summed E-state index contributed by atoms with van der Waals surface area (Å²) in [6.07, 6.45) is 2.60. The van der Waals surface area contributed by atoms with Crippen LogP contribution in [-0.4, -0.2) is 23.7 Å². The van der Waals surface area contributed by atoms with Gasteiger partial charge in [-0.25, -0.2) is 0 Å². The Morgan fingerprint density at radius 1 is 1.56 bits per heavy atom. The Bertz CT molecular complexity index is 453. The number of nitrogens with one attached hydrogen (secondary N) is 1. The lowest BCUT2D eigenvalue weighted by atomic mass is 10.2. The molecule has 1 aliphatic heterocycles. The first kappa shape index (κ1) is 13.3. The topological polar surface area (TPSA) is 64.4 Å². The van der Waals surface area contributed by atoms with E-state index in [-0.39, 0.29) is 11.8 Å². The van der Waals surface area contributed by atoms with Crippen LogP contribution < -0.4 is 5.32 Å². The summed E-state index contributed by atoms with van der Waals surface area (Å²) in [4.78, 5) is 10.3. The van der Waals surface area contributed by atoms with Crippen molar-refractivity contribution in [3.8, 4) is 0 Å². The van der Waals surface area contributed by atoms with Crippen LogP contribution in [0, 0.1) is 10.1 Å². The van der Waals surface area contributed by atoms with Crippen molar-refractivity contribution < 1.29 is 9.66 Å². The highest BCUT2D eigenvalue weighted by Gasteiger charge is 2.21. The van der Waals surface area contributed by atoms with Gasteiger partial charge in [0.05, 0.1) is 22.8 Å². The van der Waals surface area contributed by atoms with Gasteiger partial charge in [-0.05, 0) is 41.8 Å². The van der Waals surface area contributed by atoms with Crippen molar-refractivity contribution in [2.24, 2.45) is 0 Å². The number of hydrogen-bond donors (Lipinski definition) is 1. The average Bonchev–Trinajstić information content (AvgIpc) is 2.74. The summed E-state index contributed by atoms with van der Waals surface area (Å²) in [6, 6.07) is 4.68. The highest BCUT2D eigenvalue weighted by atomic mass is 79.9. The number of rotatable bonds is 4. The van der Waals surface area contributed by atoms with Crippen molar-refractivity contribution in [3.05, 3.63) is 32.8 Å². The van der Waals surface area contributed by atoms with Crippen molar-refractivity contribution in [2.75, 3.05) is 11.9 Å². The van der Waals surface area contributed by atoms with E-state index in [1.165, 1.54) is 12.1 Å². The molecular weight excluding hydrogens is 300 g/mol. The molecule has 1 N–H and O–H groups in total. The summed E-state index contributed by atoms with van der Waals surface area (Å²) in [5.41, 5.74) is 0.814. The predicted octanol–water partition coefficient (Wildman–Crippen LogP) is 3.34. The second kappa shape index (κ2) is 5.67. The zero-order chi connectivity index (χ0) is 13.1. The molecule has 0 bridgehead atoms. The van der Waals surface area contributed by atoms with Gasteiger partial charge in [0.15, 0.2) is 0 Å². The lowest BCUT2D eigenvalue weighted by Crippen LogP contribution is -2.19. The summed E-state index contributed by atoms with van der Waals surface area (Å²) in [5, 5.41) is 13.9. The molecule has 6 heteroatoms. The molecule has 0 aliphatic carbocycles. The molecule has 0 spiro atoms. The van der Waals surface area contributed by atoms with Gasteiger partial charge in [0.1, 0.15) is 0 Å². The van der Waals surface area contributed by atoms with Crippen LogP contribution in [0.4, 0.5) is 11.4 Å². The lowest BCUT2D eigenvalue weighted by molar-refractivity contribution is -0.384.